The number of imide groups is 1. The Morgan fingerprint density at radius 3 is 2.55 bits per heavy atom. The van der Waals surface area contributed by atoms with Gasteiger partial charge in [0.1, 0.15) is 5.82 Å². The van der Waals surface area contributed by atoms with Crippen LogP contribution in [0.5, 0.6) is 0 Å². The lowest BCUT2D eigenvalue weighted by Gasteiger charge is -2.17. The Balaban J connectivity index is 1.27. The van der Waals surface area contributed by atoms with E-state index in [1.165, 1.54) is 30.3 Å². The SMILES string of the molecule is O=C(NCCN1C(=O)SC(=Cc2ccc(F)cc2)C1=O)C1CC(=O)N(Cc2ccccc2)C1. The van der Waals surface area contributed by atoms with Crippen molar-refractivity contribution in [2.24, 2.45) is 5.92 Å². The topological polar surface area (TPSA) is 86.8 Å². The molecule has 0 saturated carbocycles. The van der Waals surface area contributed by atoms with Crippen LogP contribution in [-0.4, -0.2) is 52.4 Å². The molecule has 2 aromatic carbocycles. The quantitative estimate of drug-likeness (QED) is 0.633. The largest absolute Gasteiger partial charge is 0.354 e. The number of rotatable bonds is 7. The monoisotopic (exact) mass is 467 g/mol. The van der Waals surface area contributed by atoms with Crippen LogP contribution in [0.4, 0.5) is 9.18 Å². The number of carbonyl (C=O) groups excluding carboxylic acids is 4. The average molecular weight is 468 g/mol. The molecule has 2 saturated heterocycles. The molecule has 4 rings (SSSR count). The van der Waals surface area contributed by atoms with Gasteiger partial charge in [-0.05, 0) is 41.1 Å². The zero-order valence-corrected chi connectivity index (χ0v) is 18.5. The third-order valence-corrected chi connectivity index (χ3v) is 6.38. The minimum absolute atomic E-state index is 0.0333. The predicted molar refractivity (Wildman–Crippen MR) is 122 cm³/mol. The summed E-state index contributed by atoms with van der Waals surface area (Å²) in [6.07, 6.45) is 1.68. The van der Waals surface area contributed by atoms with Crippen LogP contribution in [0.3, 0.4) is 0 Å². The molecule has 0 spiro atoms. The van der Waals surface area contributed by atoms with Crippen molar-refractivity contribution in [3.05, 3.63) is 76.4 Å². The first-order chi connectivity index (χ1) is 15.9. The molecule has 4 amide bonds. The van der Waals surface area contributed by atoms with Crippen molar-refractivity contribution in [3.8, 4) is 0 Å². The first kappa shape index (κ1) is 22.7. The maximum Gasteiger partial charge on any atom is 0.293 e. The zero-order chi connectivity index (χ0) is 23.4. The molecular weight excluding hydrogens is 445 g/mol. The van der Waals surface area contributed by atoms with Crippen LogP contribution in [0, 0.1) is 11.7 Å². The van der Waals surface area contributed by atoms with Gasteiger partial charge in [0.15, 0.2) is 0 Å². The van der Waals surface area contributed by atoms with Crippen molar-refractivity contribution in [2.75, 3.05) is 19.6 Å². The van der Waals surface area contributed by atoms with Gasteiger partial charge < -0.3 is 10.2 Å². The van der Waals surface area contributed by atoms with E-state index in [2.05, 4.69) is 5.32 Å². The van der Waals surface area contributed by atoms with Crippen LogP contribution in [0.1, 0.15) is 17.5 Å². The van der Waals surface area contributed by atoms with E-state index in [4.69, 9.17) is 0 Å². The third kappa shape index (κ3) is 5.48. The summed E-state index contributed by atoms with van der Waals surface area (Å²) in [7, 11) is 0. The normalized spacial score (nSPS) is 19.6. The molecule has 2 aliphatic heterocycles. The molecule has 2 aromatic rings. The molecular formula is C24H22FN3O4S. The molecule has 1 N–H and O–H groups in total. The van der Waals surface area contributed by atoms with Crippen LogP contribution in [0.15, 0.2) is 59.5 Å². The first-order valence-corrected chi connectivity index (χ1v) is 11.3. The highest BCUT2D eigenvalue weighted by Crippen LogP contribution is 2.32. The van der Waals surface area contributed by atoms with E-state index in [0.29, 0.717) is 18.7 Å². The Hall–Kier alpha value is -3.46. The molecule has 0 aliphatic carbocycles. The van der Waals surface area contributed by atoms with E-state index in [9.17, 15) is 23.6 Å². The molecule has 2 aliphatic rings. The maximum atomic E-state index is 13.0. The second kappa shape index (κ2) is 9.99. The Bertz CT molecular complexity index is 1100. The van der Waals surface area contributed by atoms with Crippen molar-refractivity contribution in [1.82, 2.24) is 15.1 Å². The lowest BCUT2D eigenvalue weighted by Crippen LogP contribution is -2.40. The van der Waals surface area contributed by atoms with E-state index in [-0.39, 0.29) is 42.0 Å². The molecule has 9 heteroatoms. The Kier molecular flexibility index (Phi) is 6.88. The highest BCUT2D eigenvalue weighted by Gasteiger charge is 2.36. The van der Waals surface area contributed by atoms with E-state index in [1.807, 2.05) is 30.3 Å². The second-order valence-corrected chi connectivity index (χ2v) is 8.83. The lowest BCUT2D eigenvalue weighted by molar-refractivity contribution is -0.129. The highest BCUT2D eigenvalue weighted by atomic mass is 32.2. The summed E-state index contributed by atoms with van der Waals surface area (Å²) >= 11 is 0.807. The molecule has 0 bridgehead atoms. The van der Waals surface area contributed by atoms with Gasteiger partial charge in [-0.3, -0.25) is 24.1 Å². The standard InChI is InChI=1S/C24H22FN3O4S/c25-19-8-6-16(7-9-19)12-20-23(31)28(24(32)33-20)11-10-26-22(30)18-13-21(29)27(15-18)14-17-4-2-1-3-5-17/h1-9,12,18H,10-11,13-15H2,(H,26,30). The summed E-state index contributed by atoms with van der Waals surface area (Å²) < 4.78 is 13.0. The first-order valence-electron chi connectivity index (χ1n) is 10.5. The van der Waals surface area contributed by atoms with Gasteiger partial charge in [-0.2, -0.15) is 0 Å². The number of benzene rings is 2. The van der Waals surface area contributed by atoms with Crippen molar-refractivity contribution < 1.29 is 23.6 Å². The summed E-state index contributed by atoms with van der Waals surface area (Å²) in [5.74, 6) is -1.64. The predicted octanol–water partition coefficient (Wildman–Crippen LogP) is 3.03. The Morgan fingerprint density at radius 1 is 1.09 bits per heavy atom. The van der Waals surface area contributed by atoms with Gasteiger partial charge in [0.05, 0.1) is 10.8 Å². The summed E-state index contributed by atoms with van der Waals surface area (Å²) in [6, 6.07) is 15.2. The maximum absolute atomic E-state index is 13.0. The van der Waals surface area contributed by atoms with Crippen molar-refractivity contribution in [3.63, 3.8) is 0 Å². The fourth-order valence-corrected chi connectivity index (χ4v) is 4.61. The highest BCUT2D eigenvalue weighted by molar-refractivity contribution is 8.18. The minimum Gasteiger partial charge on any atom is -0.354 e. The van der Waals surface area contributed by atoms with Gasteiger partial charge in [-0.1, -0.05) is 42.5 Å². The molecule has 33 heavy (non-hydrogen) atoms. The van der Waals surface area contributed by atoms with E-state index < -0.39 is 17.1 Å². The van der Waals surface area contributed by atoms with Crippen LogP contribution < -0.4 is 5.32 Å². The number of nitrogens with one attached hydrogen (secondary N) is 1. The van der Waals surface area contributed by atoms with Gasteiger partial charge in [0, 0.05) is 32.6 Å². The average Bonchev–Trinajstić information content (AvgIpc) is 3.30. The second-order valence-electron chi connectivity index (χ2n) is 7.84. The number of halogens is 1. The third-order valence-electron chi connectivity index (χ3n) is 5.48. The Morgan fingerprint density at radius 2 is 1.82 bits per heavy atom. The lowest BCUT2D eigenvalue weighted by atomic mass is 10.1. The van der Waals surface area contributed by atoms with Gasteiger partial charge in [0.25, 0.3) is 11.1 Å². The number of likely N-dealkylation sites (tertiary alicyclic amines) is 1. The number of carbonyl (C=O) groups is 4. The fourth-order valence-electron chi connectivity index (χ4n) is 3.74. The van der Waals surface area contributed by atoms with Gasteiger partial charge >= 0.3 is 0 Å². The van der Waals surface area contributed by atoms with Gasteiger partial charge in [0.2, 0.25) is 11.8 Å². The number of amides is 4. The van der Waals surface area contributed by atoms with Crippen LogP contribution in [0.25, 0.3) is 6.08 Å². The fraction of sp³-hybridized carbons (Fsp3) is 0.250. The van der Waals surface area contributed by atoms with Gasteiger partial charge in [-0.15, -0.1) is 0 Å². The number of thioether (sulfide) groups is 1. The van der Waals surface area contributed by atoms with Crippen LogP contribution >= 0.6 is 11.8 Å². The smallest absolute Gasteiger partial charge is 0.293 e. The molecule has 1 atom stereocenters. The van der Waals surface area contributed by atoms with Crippen LogP contribution in [-0.2, 0) is 20.9 Å². The van der Waals surface area contributed by atoms with E-state index in [1.54, 1.807) is 4.90 Å². The van der Waals surface area contributed by atoms with Gasteiger partial charge in [-0.25, -0.2) is 4.39 Å². The molecule has 0 aromatic heterocycles. The molecule has 170 valence electrons. The summed E-state index contributed by atoms with van der Waals surface area (Å²) in [4.78, 5) is 52.6. The van der Waals surface area contributed by atoms with E-state index in [0.717, 1.165) is 22.2 Å². The molecule has 7 nitrogen and oxygen atoms in total. The summed E-state index contributed by atoms with van der Waals surface area (Å²) in [6.45, 7) is 0.928. The van der Waals surface area contributed by atoms with Crippen molar-refractivity contribution >= 4 is 40.8 Å². The number of hydrogen-bond acceptors (Lipinski definition) is 5. The molecule has 2 fully saturated rings. The van der Waals surface area contributed by atoms with Crippen molar-refractivity contribution in [2.45, 2.75) is 13.0 Å². The molecule has 2 heterocycles. The number of hydrogen-bond donors (Lipinski definition) is 1. The Labute approximate surface area is 194 Å². The molecule has 0 radical (unpaired) electrons. The number of nitrogens with zero attached hydrogens (tertiary/aromatic N) is 2. The zero-order valence-electron chi connectivity index (χ0n) is 17.7. The molecule has 1 unspecified atom stereocenters. The van der Waals surface area contributed by atoms with Crippen molar-refractivity contribution in [1.29, 1.82) is 0 Å². The summed E-state index contributed by atoms with van der Waals surface area (Å²) in [5, 5.41) is 2.31. The summed E-state index contributed by atoms with van der Waals surface area (Å²) in [5.41, 5.74) is 1.61. The van der Waals surface area contributed by atoms with Crippen LogP contribution in [0.2, 0.25) is 0 Å². The minimum atomic E-state index is -0.463. The van der Waals surface area contributed by atoms with E-state index >= 15 is 0 Å².